The number of halogens is 1. The molecule has 2 saturated carbocycles. The summed E-state index contributed by atoms with van der Waals surface area (Å²) in [5.41, 5.74) is 1.84. The molecule has 2 aliphatic carbocycles. The second-order valence-electron chi connectivity index (χ2n) is 12.7. The van der Waals surface area contributed by atoms with Gasteiger partial charge in [-0.05, 0) is 83.4 Å². The molecule has 5 heteroatoms. The van der Waals surface area contributed by atoms with Crippen LogP contribution in [-0.4, -0.2) is 31.1 Å². The average Bonchev–Trinajstić information content (AvgIpc) is 2.90. The third-order valence-electron chi connectivity index (χ3n) is 9.10. The Kier molecular flexibility index (Phi) is 9.50. The van der Waals surface area contributed by atoms with E-state index in [-0.39, 0.29) is 17.6 Å². The lowest BCUT2D eigenvalue weighted by Gasteiger charge is -2.45. The van der Waals surface area contributed by atoms with Gasteiger partial charge in [-0.3, -0.25) is 14.6 Å². The Balaban J connectivity index is 0.000000270. The van der Waals surface area contributed by atoms with Gasteiger partial charge in [-0.1, -0.05) is 71.1 Å². The molecule has 1 aliphatic heterocycles. The zero-order valence-corrected chi connectivity index (χ0v) is 23.3. The number of rotatable bonds is 5. The van der Waals surface area contributed by atoms with Crippen molar-refractivity contribution < 1.29 is 19.0 Å². The molecule has 5 rings (SSSR count). The standard InChI is InChI=1S/C22H26FNO3.C10H20/c1-26-22(25)19-4-2-3-16(10-19)20-13-24(14-20)12-15-5-6-18-11-21(27-23)8-7-17(18)9-15;1-10(2,3)9-7-5-4-6-8-9/h5-9,11,16,19-20H,2-4,10,12-14H2,1H3;9H,4-8H2,1-3H3. The van der Waals surface area contributed by atoms with E-state index in [1.807, 2.05) is 12.1 Å². The van der Waals surface area contributed by atoms with E-state index in [1.54, 1.807) is 12.1 Å². The van der Waals surface area contributed by atoms with E-state index in [2.05, 4.69) is 42.7 Å². The number of esters is 1. The van der Waals surface area contributed by atoms with Crippen LogP contribution < -0.4 is 4.94 Å². The Morgan fingerprint density at radius 2 is 1.62 bits per heavy atom. The van der Waals surface area contributed by atoms with Crippen LogP contribution in [0.5, 0.6) is 5.75 Å². The maximum Gasteiger partial charge on any atom is 0.308 e. The first-order valence-corrected chi connectivity index (χ1v) is 14.4. The first kappa shape index (κ1) is 27.9. The highest BCUT2D eigenvalue weighted by atomic mass is 19.3. The summed E-state index contributed by atoms with van der Waals surface area (Å²) in [6.45, 7) is 10.3. The van der Waals surface area contributed by atoms with Crippen LogP contribution in [0.1, 0.15) is 84.1 Å². The van der Waals surface area contributed by atoms with E-state index in [0.29, 0.717) is 17.3 Å². The van der Waals surface area contributed by atoms with E-state index in [4.69, 9.17) is 4.74 Å². The molecule has 0 aromatic heterocycles. The lowest BCUT2D eigenvalue weighted by atomic mass is 9.72. The normalized spacial score (nSPS) is 23.6. The predicted molar refractivity (Wildman–Crippen MR) is 148 cm³/mol. The van der Waals surface area contributed by atoms with Gasteiger partial charge in [0, 0.05) is 24.2 Å². The maximum absolute atomic E-state index is 12.3. The van der Waals surface area contributed by atoms with Crippen molar-refractivity contribution in [3.8, 4) is 5.75 Å². The largest absolute Gasteiger partial charge is 0.469 e. The fourth-order valence-corrected chi connectivity index (χ4v) is 6.72. The smallest absolute Gasteiger partial charge is 0.308 e. The van der Waals surface area contributed by atoms with Crippen molar-refractivity contribution in [1.82, 2.24) is 4.90 Å². The van der Waals surface area contributed by atoms with Gasteiger partial charge in [-0.25, -0.2) is 0 Å². The number of benzene rings is 2. The quantitative estimate of drug-likeness (QED) is 0.380. The van der Waals surface area contributed by atoms with Gasteiger partial charge in [0.2, 0.25) is 0 Å². The molecule has 3 aliphatic rings. The van der Waals surface area contributed by atoms with Crippen molar-refractivity contribution in [2.75, 3.05) is 20.2 Å². The number of ether oxygens (including phenoxy) is 1. The highest BCUT2D eigenvalue weighted by molar-refractivity contribution is 5.84. The Morgan fingerprint density at radius 1 is 0.919 bits per heavy atom. The number of carbonyl (C=O) groups excluding carboxylic acids is 1. The third-order valence-corrected chi connectivity index (χ3v) is 9.10. The summed E-state index contributed by atoms with van der Waals surface area (Å²) in [5.74, 6) is 2.65. The molecule has 0 amide bonds. The van der Waals surface area contributed by atoms with Gasteiger partial charge in [0.25, 0.3) is 0 Å². The minimum absolute atomic E-state index is 0.0339. The van der Waals surface area contributed by atoms with Crippen LogP contribution in [0.3, 0.4) is 0 Å². The van der Waals surface area contributed by atoms with Crippen LogP contribution in [-0.2, 0) is 16.1 Å². The van der Waals surface area contributed by atoms with Gasteiger partial charge in [0.15, 0.2) is 5.75 Å². The van der Waals surface area contributed by atoms with Crippen LogP contribution >= 0.6 is 0 Å². The third kappa shape index (κ3) is 7.46. The topological polar surface area (TPSA) is 38.8 Å². The van der Waals surface area contributed by atoms with Crippen molar-refractivity contribution in [3.05, 3.63) is 42.0 Å². The molecule has 3 fully saturated rings. The predicted octanol–water partition coefficient (Wildman–Crippen LogP) is 8.13. The van der Waals surface area contributed by atoms with Gasteiger partial charge in [0.05, 0.1) is 13.0 Å². The molecule has 2 atom stereocenters. The van der Waals surface area contributed by atoms with Gasteiger partial charge in [-0.15, -0.1) is 0 Å². The lowest BCUT2D eigenvalue weighted by molar-refractivity contribution is -0.147. The molecular weight excluding hydrogens is 465 g/mol. The number of carbonyl (C=O) groups is 1. The molecular formula is C32H46FNO3. The first-order valence-electron chi connectivity index (χ1n) is 14.4. The Morgan fingerprint density at radius 3 is 2.27 bits per heavy atom. The van der Waals surface area contributed by atoms with Gasteiger partial charge in [0.1, 0.15) is 0 Å². The number of methoxy groups -OCH3 is 1. The summed E-state index contributed by atoms with van der Waals surface area (Å²) in [6, 6.07) is 11.5. The molecule has 37 heavy (non-hydrogen) atoms. The number of fused-ring (bicyclic) bond motifs is 1. The number of nitrogens with zero attached hydrogens (tertiary/aromatic N) is 1. The fraction of sp³-hybridized carbons (Fsp3) is 0.656. The van der Waals surface area contributed by atoms with Crippen LogP contribution in [0.4, 0.5) is 4.53 Å². The summed E-state index contributed by atoms with van der Waals surface area (Å²) in [5, 5.41) is 2.07. The van der Waals surface area contributed by atoms with Crippen molar-refractivity contribution in [2.45, 2.75) is 85.1 Å². The van der Waals surface area contributed by atoms with E-state index >= 15 is 0 Å². The molecule has 1 saturated heterocycles. The van der Waals surface area contributed by atoms with Crippen molar-refractivity contribution in [3.63, 3.8) is 0 Å². The molecule has 1 heterocycles. The van der Waals surface area contributed by atoms with Gasteiger partial charge in [-0.2, -0.15) is 0 Å². The van der Waals surface area contributed by atoms with Crippen LogP contribution in [0, 0.1) is 29.1 Å². The van der Waals surface area contributed by atoms with Crippen LogP contribution in [0.15, 0.2) is 36.4 Å². The molecule has 0 spiro atoms. The summed E-state index contributed by atoms with van der Waals surface area (Å²) >= 11 is 0. The lowest BCUT2D eigenvalue weighted by Crippen LogP contribution is -2.50. The average molecular weight is 512 g/mol. The first-order chi connectivity index (χ1) is 17.8. The van der Waals surface area contributed by atoms with E-state index in [9.17, 15) is 9.32 Å². The summed E-state index contributed by atoms with van der Waals surface area (Å²) in [6.07, 6.45) is 11.7. The summed E-state index contributed by atoms with van der Waals surface area (Å²) in [4.78, 5) is 18.1. The van der Waals surface area contributed by atoms with Crippen molar-refractivity contribution in [2.24, 2.45) is 29.1 Å². The van der Waals surface area contributed by atoms with E-state index in [0.717, 1.165) is 55.6 Å². The zero-order chi connectivity index (χ0) is 26.4. The number of hydrogen-bond donors (Lipinski definition) is 0. The second-order valence-corrected chi connectivity index (χ2v) is 12.7. The zero-order valence-electron chi connectivity index (χ0n) is 23.3. The van der Waals surface area contributed by atoms with E-state index in [1.165, 1.54) is 51.2 Å². The molecule has 2 unspecified atom stereocenters. The fourth-order valence-electron chi connectivity index (χ4n) is 6.72. The minimum atomic E-state index is -0.0339. The number of hydrogen-bond acceptors (Lipinski definition) is 4. The molecule has 204 valence electrons. The Labute approximate surface area is 222 Å². The van der Waals surface area contributed by atoms with E-state index < -0.39 is 0 Å². The SMILES string of the molecule is CC(C)(C)C1CCCCC1.COC(=O)C1CCCC(C2CN(Cc3ccc4cc(OF)ccc4c3)C2)C1. The Bertz CT molecular complexity index is 1020. The molecule has 0 bridgehead atoms. The summed E-state index contributed by atoms with van der Waals surface area (Å²) in [7, 11) is 1.49. The Hall–Kier alpha value is -2.14. The monoisotopic (exact) mass is 511 g/mol. The molecule has 4 nitrogen and oxygen atoms in total. The van der Waals surface area contributed by atoms with Gasteiger partial charge >= 0.3 is 5.97 Å². The molecule has 0 radical (unpaired) electrons. The highest BCUT2D eigenvalue weighted by Gasteiger charge is 2.38. The van der Waals surface area contributed by atoms with Gasteiger partial charge < -0.3 is 4.74 Å². The summed E-state index contributed by atoms with van der Waals surface area (Å²) < 4.78 is 17.2. The van der Waals surface area contributed by atoms with Crippen molar-refractivity contribution in [1.29, 1.82) is 0 Å². The molecule has 2 aromatic carbocycles. The maximum atomic E-state index is 12.3. The molecule has 0 N–H and O–H groups in total. The minimum Gasteiger partial charge on any atom is -0.469 e. The highest BCUT2D eigenvalue weighted by Crippen LogP contribution is 2.39. The van der Waals surface area contributed by atoms with Crippen molar-refractivity contribution >= 4 is 16.7 Å². The van der Waals surface area contributed by atoms with Crippen LogP contribution in [0.25, 0.3) is 10.8 Å². The second kappa shape index (κ2) is 12.6. The van der Waals surface area contributed by atoms with Crippen LogP contribution in [0.2, 0.25) is 0 Å². The molecule has 2 aromatic rings. The number of likely N-dealkylation sites (tertiary alicyclic amines) is 1.